The van der Waals surface area contributed by atoms with Crippen LogP contribution in [0, 0.1) is 5.92 Å². The van der Waals surface area contributed by atoms with Crippen LogP contribution in [0.1, 0.15) is 25.0 Å². The first-order valence-electron chi connectivity index (χ1n) is 9.73. The van der Waals surface area contributed by atoms with Gasteiger partial charge < -0.3 is 14.8 Å². The Morgan fingerprint density at radius 1 is 1.23 bits per heavy atom. The SMILES string of the molecule is C[C@@H](SC(=S)N1C[C@H]2C[C@@H](C1)c1cccc(=O)n1C2)C(=O)Nc1cc(Cl)ccc1Cl. The van der Waals surface area contributed by atoms with Crippen molar-refractivity contribution in [3.8, 4) is 0 Å². The Balaban J connectivity index is 1.40. The van der Waals surface area contributed by atoms with E-state index in [0.717, 1.165) is 31.7 Å². The summed E-state index contributed by atoms with van der Waals surface area (Å²) in [5.41, 5.74) is 1.64. The number of likely N-dealkylation sites (tertiary alicyclic amines) is 1. The van der Waals surface area contributed by atoms with E-state index in [1.165, 1.54) is 11.8 Å². The second-order valence-electron chi connectivity index (χ2n) is 7.74. The molecular formula is C21H21Cl2N3O2S2. The second-order valence-corrected chi connectivity index (χ2v) is 10.6. The number of aromatic nitrogens is 1. The molecule has 3 atom stereocenters. The summed E-state index contributed by atoms with van der Waals surface area (Å²) in [6.45, 7) is 4.11. The van der Waals surface area contributed by atoms with Gasteiger partial charge in [0.15, 0.2) is 0 Å². The summed E-state index contributed by atoms with van der Waals surface area (Å²) >= 11 is 19.2. The number of rotatable bonds is 3. The largest absolute Gasteiger partial charge is 0.356 e. The first-order valence-corrected chi connectivity index (χ1v) is 11.8. The molecule has 1 amide bonds. The lowest BCUT2D eigenvalue weighted by atomic mass is 9.83. The molecule has 1 N–H and O–H groups in total. The van der Waals surface area contributed by atoms with Crippen LogP contribution in [0.25, 0.3) is 0 Å². The first-order chi connectivity index (χ1) is 14.3. The van der Waals surface area contributed by atoms with Gasteiger partial charge in [-0.15, -0.1) is 0 Å². The van der Waals surface area contributed by atoms with Crippen molar-refractivity contribution < 1.29 is 4.79 Å². The van der Waals surface area contributed by atoms with E-state index in [1.54, 1.807) is 24.3 Å². The number of anilines is 1. The van der Waals surface area contributed by atoms with E-state index >= 15 is 0 Å². The van der Waals surface area contributed by atoms with Gasteiger partial charge in [-0.05, 0) is 43.5 Å². The molecule has 30 heavy (non-hydrogen) atoms. The van der Waals surface area contributed by atoms with Crippen molar-refractivity contribution in [2.24, 2.45) is 5.92 Å². The van der Waals surface area contributed by atoms with Crippen molar-refractivity contribution in [1.29, 1.82) is 0 Å². The van der Waals surface area contributed by atoms with Crippen LogP contribution in [0.2, 0.25) is 10.0 Å². The molecule has 1 aromatic carbocycles. The summed E-state index contributed by atoms with van der Waals surface area (Å²) in [7, 11) is 0. The van der Waals surface area contributed by atoms with Gasteiger partial charge in [0, 0.05) is 42.3 Å². The molecule has 2 aliphatic rings. The highest BCUT2D eigenvalue weighted by Crippen LogP contribution is 2.36. The predicted molar refractivity (Wildman–Crippen MR) is 128 cm³/mol. The Hall–Kier alpha value is -1.54. The number of carbonyl (C=O) groups excluding carboxylic acids is 1. The average Bonchev–Trinajstić information content (AvgIpc) is 2.71. The molecule has 0 spiro atoms. The van der Waals surface area contributed by atoms with Gasteiger partial charge in [0.2, 0.25) is 5.91 Å². The van der Waals surface area contributed by atoms with Crippen molar-refractivity contribution in [1.82, 2.24) is 9.47 Å². The number of fused-ring (bicyclic) bond motifs is 4. The van der Waals surface area contributed by atoms with Crippen LogP contribution in [-0.2, 0) is 11.3 Å². The summed E-state index contributed by atoms with van der Waals surface area (Å²) in [5, 5.41) is 3.38. The molecule has 1 fully saturated rings. The van der Waals surface area contributed by atoms with Crippen LogP contribution < -0.4 is 10.9 Å². The molecule has 1 saturated heterocycles. The summed E-state index contributed by atoms with van der Waals surface area (Å²) < 4.78 is 2.60. The molecule has 0 radical (unpaired) electrons. The zero-order chi connectivity index (χ0) is 21.4. The van der Waals surface area contributed by atoms with E-state index in [0.29, 0.717) is 26.0 Å². The molecule has 0 saturated carbocycles. The number of carbonyl (C=O) groups is 1. The number of thiocarbonyl (C=S) groups is 1. The molecule has 2 bridgehead atoms. The van der Waals surface area contributed by atoms with E-state index in [2.05, 4.69) is 10.2 Å². The average molecular weight is 482 g/mol. The van der Waals surface area contributed by atoms with Gasteiger partial charge in [-0.25, -0.2) is 0 Å². The minimum atomic E-state index is -0.385. The maximum absolute atomic E-state index is 12.6. The molecule has 9 heteroatoms. The molecule has 158 valence electrons. The number of pyridine rings is 1. The van der Waals surface area contributed by atoms with Gasteiger partial charge in [-0.1, -0.05) is 53.2 Å². The molecule has 2 aromatic rings. The van der Waals surface area contributed by atoms with E-state index in [9.17, 15) is 9.59 Å². The molecule has 1 aromatic heterocycles. The molecule has 0 aliphatic carbocycles. The number of nitrogens with one attached hydrogen (secondary N) is 1. The fourth-order valence-electron chi connectivity index (χ4n) is 4.15. The topological polar surface area (TPSA) is 54.3 Å². The van der Waals surface area contributed by atoms with E-state index < -0.39 is 0 Å². The maximum atomic E-state index is 12.6. The summed E-state index contributed by atoms with van der Waals surface area (Å²) in [5.74, 6) is 0.476. The van der Waals surface area contributed by atoms with Crippen molar-refractivity contribution >= 4 is 63.1 Å². The third-order valence-electron chi connectivity index (χ3n) is 5.57. The van der Waals surface area contributed by atoms with Crippen LogP contribution in [0.4, 0.5) is 5.69 Å². The predicted octanol–water partition coefficient (Wildman–Crippen LogP) is 4.62. The van der Waals surface area contributed by atoms with E-state index in [4.69, 9.17) is 35.4 Å². The monoisotopic (exact) mass is 481 g/mol. The van der Waals surface area contributed by atoms with Crippen molar-refractivity contribution in [3.63, 3.8) is 0 Å². The Morgan fingerprint density at radius 2 is 2.03 bits per heavy atom. The minimum absolute atomic E-state index is 0.0672. The van der Waals surface area contributed by atoms with Gasteiger partial charge >= 0.3 is 0 Å². The first kappa shape index (κ1) is 21.7. The number of halogens is 2. The fourth-order valence-corrected chi connectivity index (χ4v) is 5.84. The molecule has 3 heterocycles. The highest BCUT2D eigenvalue weighted by atomic mass is 35.5. The Labute approximate surface area is 194 Å². The number of thioether (sulfide) groups is 1. The van der Waals surface area contributed by atoms with Gasteiger partial charge in [-0.2, -0.15) is 0 Å². The Bertz CT molecular complexity index is 1060. The van der Waals surface area contributed by atoms with Crippen LogP contribution >= 0.6 is 47.2 Å². The lowest BCUT2D eigenvalue weighted by Gasteiger charge is -2.43. The van der Waals surface area contributed by atoms with Crippen molar-refractivity contribution in [2.75, 3.05) is 18.4 Å². The third kappa shape index (κ3) is 4.54. The van der Waals surface area contributed by atoms with E-state index in [1.807, 2.05) is 23.6 Å². The lowest BCUT2D eigenvalue weighted by Crippen LogP contribution is -2.48. The highest BCUT2D eigenvalue weighted by Gasteiger charge is 2.35. The number of hydrogen-bond donors (Lipinski definition) is 1. The normalized spacial score (nSPS) is 21.0. The smallest absolute Gasteiger partial charge is 0.250 e. The van der Waals surface area contributed by atoms with Gasteiger partial charge in [0.05, 0.1) is 16.0 Å². The Kier molecular flexibility index (Phi) is 6.44. The Morgan fingerprint density at radius 3 is 2.83 bits per heavy atom. The number of amides is 1. The number of benzene rings is 1. The lowest BCUT2D eigenvalue weighted by molar-refractivity contribution is -0.115. The van der Waals surface area contributed by atoms with Crippen molar-refractivity contribution in [2.45, 2.75) is 31.1 Å². The standard InChI is InChI=1S/C21H21Cl2N3O2S2/c1-12(20(28)24-17-8-15(22)5-6-16(17)23)30-21(29)25-9-13-7-14(11-25)18-3-2-4-19(27)26(18)10-13/h2-6,8,12-14H,7,9-11H2,1H3,(H,24,28)/t12-,13-,14+/m1/s1. The number of hydrogen-bond acceptors (Lipinski definition) is 4. The summed E-state index contributed by atoms with van der Waals surface area (Å²) in [6, 6.07) is 10.4. The maximum Gasteiger partial charge on any atom is 0.250 e. The quantitative estimate of drug-likeness (QED) is 0.648. The van der Waals surface area contributed by atoms with Crippen LogP contribution in [0.5, 0.6) is 0 Å². The fraction of sp³-hybridized carbons (Fsp3) is 0.381. The number of piperidine rings is 1. The second kappa shape index (κ2) is 8.91. The summed E-state index contributed by atoms with van der Waals surface area (Å²) in [6.07, 6.45) is 1.07. The van der Waals surface area contributed by atoms with Crippen molar-refractivity contribution in [3.05, 3.63) is 62.5 Å². The molecular weight excluding hydrogens is 461 g/mol. The van der Waals surface area contributed by atoms with Gasteiger partial charge in [-0.3, -0.25) is 9.59 Å². The minimum Gasteiger partial charge on any atom is -0.356 e. The molecule has 0 unspecified atom stereocenters. The third-order valence-corrected chi connectivity index (χ3v) is 7.71. The molecule has 4 rings (SSSR count). The van der Waals surface area contributed by atoms with Gasteiger partial charge in [0.25, 0.3) is 5.56 Å². The molecule has 5 nitrogen and oxygen atoms in total. The van der Waals surface area contributed by atoms with Crippen LogP contribution in [-0.4, -0.2) is 38.0 Å². The molecule has 2 aliphatic heterocycles. The van der Waals surface area contributed by atoms with Crippen LogP contribution in [0.3, 0.4) is 0 Å². The van der Waals surface area contributed by atoms with Gasteiger partial charge in [0.1, 0.15) is 4.32 Å². The number of nitrogens with zero attached hydrogens (tertiary/aromatic N) is 2. The van der Waals surface area contributed by atoms with E-state index in [-0.39, 0.29) is 22.6 Å². The zero-order valence-corrected chi connectivity index (χ0v) is 19.5. The highest BCUT2D eigenvalue weighted by molar-refractivity contribution is 8.23. The van der Waals surface area contributed by atoms with Crippen LogP contribution in [0.15, 0.2) is 41.2 Å². The summed E-state index contributed by atoms with van der Waals surface area (Å²) in [4.78, 5) is 27.0. The zero-order valence-electron chi connectivity index (χ0n) is 16.3.